The molecular formula is C29H31ClN4O. The molecule has 0 aliphatic carbocycles. The number of aryl methyl sites for hydroxylation is 1. The largest absolute Gasteiger partial charge is 0.297 e. The summed E-state index contributed by atoms with van der Waals surface area (Å²) in [6.45, 7) is 7.10. The van der Waals surface area contributed by atoms with Crippen LogP contribution in [0.3, 0.4) is 0 Å². The van der Waals surface area contributed by atoms with Crippen LogP contribution < -0.4 is 0 Å². The van der Waals surface area contributed by atoms with Crippen LogP contribution in [0.25, 0.3) is 0 Å². The molecule has 0 spiro atoms. The Morgan fingerprint density at radius 2 is 1.63 bits per heavy atom. The van der Waals surface area contributed by atoms with E-state index in [0.29, 0.717) is 18.0 Å². The Bertz CT molecular complexity index is 1190. The lowest BCUT2D eigenvalue weighted by molar-refractivity contribution is -0.134. The van der Waals surface area contributed by atoms with Crippen LogP contribution in [0.15, 0.2) is 84.0 Å². The molecule has 0 N–H and O–H groups in total. The summed E-state index contributed by atoms with van der Waals surface area (Å²) in [6, 6.07) is 26.6. The van der Waals surface area contributed by atoms with Crippen molar-refractivity contribution in [2.75, 3.05) is 32.7 Å². The predicted octanol–water partition coefficient (Wildman–Crippen LogP) is 5.14. The molecule has 2 heterocycles. The van der Waals surface area contributed by atoms with Crippen LogP contribution in [0.2, 0.25) is 5.02 Å². The van der Waals surface area contributed by atoms with E-state index in [9.17, 15) is 4.79 Å². The summed E-state index contributed by atoms with van der Waals surface area (Å²) in [6.07, 6.45) is 0.696. The molecule has 5 nitrogen and oxygen atoms in total. The topological polar surface area (TPSA) is 39.2 Å². The molecule has 1 amide bonds. The smallest absolute Gasteiger partial charge is 0.257 e. The van der Waals surface area contributed by atoms with Gasteiger partial charge in [-0.2, -0.15) is 5.10 Å². The number of nitrogens with zero attached hydrogens (tertiary/aromatic N) is 4. The molecule has 1 atom stereocenters. The standard InChI is InChI=1S/C29H31ClN4O/c1-22-6-5-9-25(18-22)27-19-28(24-10-12-26(30)13-11-24)34(31-27)29(35)21-33-16-14-32(15-17-33)20-23-7-3-2-4-8-23/h2-13,18,28H,14-17,19-21H2,1H3/t28-/m0/s1. The summed E-state index contributed by atoms with van der Waals surface area (Å²) >= 11 is 6.13. The van der Waals surface area contributed by atoms with Crippen LogP contribution >= 0.6 is 11.6 Å². The van der Waals surface area contributed by atoms with E-state index in [0.717, 1.165) is 49.6 Å². The average Bonchev–Trinajstić information content (AvgIpc) is 3.32. The number of amides is 1. The van der Waals surface area contributed by atoms with Crippen molar-refractivity contribution in [2.45, 2.75) is 25.9 Å². The predicted molar refractivity (Wildman–Crippen MR) is 142 cm³/mol. The first-order valence-corrected chi connectivity index (χ1v) is 12.6. The molecule has 1 fully saturated rings. The lowest BCUT2D eigenvalue weighted by Crippen LogP contribution is -2.49. The maximum absolute atomic E-state index is 13.5. The lowest BCUT2D eigenvalue weighted by atomic mass is 9.97. The van der Waals surface area contributed by atoms with E-state index in [-0.39, 0.29) is 11.9 Å². The number of benzene rings is 3. The fraction of sp³-hybridized carbons (Fsp3) is 0.310. The molecule has 2 aliphatic heterocycles. The van der Waals surface area contributed by atoms with Gasteiger partial charge in [0, 0.05) is 44.2 Å². The molecule has 35 heavy (non-hydrogen) atoms. The van der Waals surface area contributed by atoms with Crippen LogP contribution in [-0.4, -0.2) is 59.2 Å². The van der Waals surface area contributed by atoms with Gasteiger partial charge < -0.3 is 0 Å². The van der Waals surface area contributed by atoms with Crippen molar-refractivity contribution in [3.63, 3.8) is 0 Å². The van der Waals surface area contributed by atoms with E-state index in [4.69, 9.17) is 16.7 Å². The molecule has 0 aromatic heterocycles. The van der Waals surface area contributed by atoms with Crippen LogP contribution in [0, 0.1) is 6.92 Å². The number of rotatable bonds is 6. The molecule has 0 saturated carbocycles. The first kappa shape index (κ1) is 23.7. The summed E-state index contributed by atoms with van der Waals surface area (Å²) in [5, 5.41) is 7.24. The molecule has 3 aromatic carbocycles. The highest BCUT2D eigenvalue weighted by molar-refractivity contribution is 6.30. The van der Waals surface area contributed by atoms with Gasteiger partial charge in [-0.25, -0.2) is 5.01 Å². The van der Waals surface area contributed by atoms with Gasteiger partial charge in [0.05, 0.1) is 18.3 Å². The zero-order chi connectivity index (χ0) is 24.2. The van der Waals surface area contributed by atoms with Crippen molar-refractivity contribution in [3.8, 4) is 0 Å². The highest BCUT2D eigenvalue weighted by atomic mass is 35.5. The number of hydrazone groups is 1. The van der Waals surface area contributed by atoms with Crippen LogP contribution in [0.5, 0.6) is 0 Å². The second-order valence-electron chi connectivity index (χ2n) is 9.46. The highest BCUT2D eigenvalue weighted by Gasteiger charge is 2.34. The quantitative estimate of drug-likeness (QED) is 0.484. The van der Waals surface area contributed by atoms with E-state index in [1.54, 1.807) is 5.01 Å². The second-order valence-corrected chi connectivity index (χ2v) is 9.90. The van der Waals surface area contributed by atoms with Gasteiger partial charge in [0.1, 0.15) is 0 Å². The highest BCUT2D eigenvalue weighted by Crippen LogP contribution is 2.33. The first-order chi connectivity index (χ1) is 17.0. The van der Waals surface area contributed by atoms with Crippen LogP contribution in [0.1, 0.15) is 34.7 Å². The van der Waals surface area contributed by atoms with Gasteiger partial charge in [-0.1, -0.05) is 83.9 Å². The van der Waals surface area contributed by atoms with Crippen LogP contribution in [0.4, 0.5) is 0 Å². The number of carbonyl (C=O) groups is 1. The third kappa shape index (κ3) is 5.81. The van der Waals surface area contributed by atoms with E-state index in [1.165, 1.54) is 11.1 Å². The summed E-state index contributed by atoms with van der Waals surface area (Å²) in [7, 11) is 0. The molecule has 2 aliphatic rings. The number of hydrogen-bond donors (Lipinski definition) is 0. The minimum Gasteiger partial charge on any atom is -0.297 e. The van der Waals surface area contributed by atoms with Crippen molar-refractivity contribution in [2.24, 2.45) is 5.10 Å². The molecule has 5 rings (SSSR count). The van der Waals surface area contributed by atoms with Gasteiger partial charge in [-0.05, 0) is 35.7 Å². The van der Waals surface area contributed by atoms with E-state index in [2.05, 4.69) is 65.3 Å². The lowest BCUT2D eigenvalue weighted by Gasteiger charge is -2.35. The van der Waals surface area contributed by atoms with Crippen LogP contribution in [-0.2, 0) is 11.3 Å². The molecule has 1 saturated heterocycles. The Morgan fingerprint density at radius 1 is 0.914 bits per heavy atom. The molecule has 0 radical (unpaired) electrons. The number of piperazine rings is 1. The molecule has 3 aromatic rings. The number of halogens is 1. The van der Waals surface area contributed by atoms with Crippen molar-refractivity contribution >= 4 is 23.2 Å². The van der Waals surface area contributed by atoms with Crippen molar-refractivity contribution in [1.29, 1.82) is 0 Å². The molecule has 6 heteroatoms. The van der Waals surface area contributed by atoms with E-state index >= 15 is 0 Å². The Balaban J connectivity index is 1.27. The van der Waals surface area contributed by atoms with Crippen molar-refractivity contribution < 1.29 is 4.79 Å². The zero-order valence-corrected chi connectivity index (χ0v) is 20.9. The minimum absolute atomic E-state index is 0.0455. The minimum atomic E-state index is -0.116. The fourth-order valence-electron chi connectivity index (χ4n) is 4.89. The maximum atomic E-state index is 13.5. The third-order valence-corrected chi connectivity index (χ3v) is 7.10. The second kappa shape index (κ2) is 10.7. The average molecular weight is 487 g/mol. The van der Waals surface area contributed by atoms with E-state index in [1.807, 2.05) is 30.3 Å². The molecular weight excluding hydrogens is 456 g/mol. The Morgan fingerprint density at radius 3 is 2.34 bits per heavy atom. The molecule has 180 valence electrons. The summed E-state index contributed by atoms with van der Waals surface area (Å²) in [5.74, 6) is 0.0455. The maximum Gasteiger partial charge on any atom is 0.257 e. The molecule has 0 unspecified atom stereocenters. The number of hydrogen-bond acceptors (Lipinski definition) is 4. The van der Waals surface area contributed by atoms with E-state index < -0.39 is 0 Å². The monoisotopic (exact) mass is 486 g/mol. The Kier molecular flexibility index (Phi) is 7.28. The summed E-state index contributed by atoms with van der Waals surface area (Å²) in [5.41, 5.74) is 5.61. The van der Waals surface area contributed by atoms with Gasteiger partial charge in [-0.3, -0.25) is 14.6 Å². The molecule has 0 bridgehead atoms. The van der Waals surface area contributed by atoms with Gasteiger partial charge in [0.15, 0.2) is 0 Å². The normalized spacial score (nSPS) is 19.1. The first-order valence-electron chi connectivity index (χ1n) is 12.3. The van der Waals surface area contributed by atoms with Gasteiger partial charge in [0.2, 0.25) is 0 Å². The summed E-state index contributed by atoms with van der Waals surface area (Å²) in [4.78, 5) is 18.2. The van der Waals surface area contributed by atoms with Gasteiger partial charge >= 0.3 is 0 Å². The fourth-order valence-corrected chi connectivity index (χ4v) is 5.02. The summed E-state index contributed by atoms with van der Waals surface area (Å²) < 4.78 is 0. The van der Waals surface area contributed by atoms with Crippen molar-refractivity contribution in [3.05, 3.63) is 106 Å². The van der Waals surface area contributed by atoms with Crippen molar-refractivity contribution in [1.82, 2.24) is 14.8 Å². The third-order valence-electron chi connectivity index (χ3n) is 6.84. The van der Waals surface area contributed by atoms with Gasteiger partial charge in [0.25, 0.3) is 5.91 Å². The Labute approximate surface area is 212 Å². The zero-order valence-electron chi connectivity index (χ0n) is 20.1. The number of carbonyl (C=O) groups excluding carboxylic acids is 1. The van der Waals surface area contributed by atoms with Gasteiger partial charge in [-0.15, -0.1) is 0 Å². The SMILES string of the molecule is Cc1cccc(C2=NN(C(=O)CN3CCN(Cc4ccccc4)CC3)[C@H](c3ccc(Cl)cc3)C2)c1. The Hall–Kier alpha value is -2.99.